The van der Waals surface area contributed by atoms with E-state index in [1.165, 1.54) is 37.2 Å². The molecule has 110 valence electrons. The van der Waals surface area contributed by atoms with Gasteiger partial charge in [-0.15, -0.1) is 0 Å². The standard InChI is InChI=1S/C17H24NO2/c1-16(3-2-6-19)4-5-17(18(16)20)14-8-12-7-13(10-14)11-15(17)9-12/h12-15,19H,4-11H2,1H3/q-1. The maximum Gasteiger partial charge on any atom is 0.104 e. The molecular weight excluding hydrogens is 250 g/mol. The van der Waals surface area contributed by atoms with E-state index in [0.717, 1.165) is 24.7 Å². The van der Waals surface area contributed by atoms with E-state index in [0.29, 0.717) is 11.8 Å². The van der Waals surface area contributed by atoms with Crippen molar-refractivity contribution in [3.8, 4) is 11.8 Å². The first-order valence-corrected chi connectivity index (χ1v) is 8.17. The van der Waals surface area contributed by atoms with Crippen LogP contribution < -0.4 is 0 Å². The number of rotatable bonds is 0. The van der Waals surface area contributed by atoms with Crippen LogP contribution in [-0.2, 0) is 0 Å². The number of hydrogen-bond donors (Lipinski definition) is 1. The maximum absolute atomic E-state index is 13.2. The third-order valence-electron chi connectivity index (χ3n) is 6.83. The summed E-state index contributed by atoms with van der Waals surface area (Å²) < 4.78 is 0. The fourth-order valence-corrected chi connectivity index (χ4v) is 6.19. The van der Waals surface area contributed by atoms with Crippen molar-refractivity contribution in [3.05, 3.63) is 5.21 Å². The van der Waals surface area contributed by atoms with E-state index in [4.69, 9.17) is 5.11 Å². The minimum atomic E-state index is -0.571. The van der Waals surface area contributed by atoms with Crippen LogP contribution in [0.3, 0.4) is 0 Å². The van der Waals surface area contributed by atoms with Crippen LogP contribution in [0, 0.1) is 40.7 Å². The van der Waals surface area contributed by atoms with Crippen molar-refractivity contribution in [3.63, 3.8) is 0 Å². The molecule has 0 aromatic heterocycles. The van der Waals surface area contributed by atoms with Crippen molar-refractivity contribution in [2.24, 2.45) is 23.7 Å². The topological polar surface area (TPSA) is 46.5 Å². The Morgan fingerprint density at radius 3 is 2.25 bits per heavy atom. The second-order valence-electron chi connectivity index (χ2n) is 7.82. The largest absolute Gasteiger partial charge is 0.784 e. The van der Waals surface area contributed by atoms with Crippen LogP contribution in [0.25, 0.3) is 0 Å². The van der Waals surface area contributed by atoms with E-state index < -0.39 is 5.54 Å². The van der Waals surface area contributed by atoms with Crippen molar-refractivity contribution >= 4 is 0 Å². The molecule has 1 unspecified atom stereocenters. The summed E-state index contributed by atoms with van der Waals surface area (Å²) in [5.74, 6) is 8.79. The van der Waals surface area contributed by atoms with Gasteiger partial charge in [-0.1, -0.05) is 11.8 Å². The van der Waals surface area contributed by atoms with Crippen LogP contribution in [0.5, 0.6) is 0 Å². The van der Waals surface area contributed by atoms with Gasteiger partial charge in [0.1, 0.15) is 6.61 Å². The Labute approximate surface area is 121 Å². The summed E-state index contributed by atoms with van der Waals surface area (Å²) in [5, 5.41) is 23.5. The van der Waals surface area contributed by atoms with Crippen molar-refractivity contribution in [2.75, 3.05) is 6.61 Å². The predicted octanol–water partition coefficient (Wildman–Crippen LogP) is 2.53. The SMILES string of the molecule is CC1(C#CCO)CCC2(C3CC4CC(C3)CC2C4)N1[O-]. The van der Waals surface area contributed by atoms with Gasteiger partial charge < -0.3 is 15.4 Å². The van der Waals surface area contributed by atoms with Gasteiger partial charge >= 0.3 is 0 Å². The Hall–Kier alpha value is -0.560. The molecule has 1 spiro atoms. The molecule has 0 radical (unpaired) electrons. The number of hydrogen-bond acceptors (Lipinski definition) is 3. The molecule has 20 heavy (non-hydrogen) atoms. The normalized spacial score (nSPS) is 53.4. The van der Waals surface area contributed by atoms with Crippen molar-refractivity contribution in [2.45, 2.75) is 62.9 Å². The third kappa shape index (κ3) is 1.53. The van der Waals surface area contributed by atoms with Gasteiger partial charge in [-0.05, 0) is 75.5 Å². The molecule has 1 atom stereocenters. The molecule has 0 aromatic rings. The van der Waals surface area contributed by atoms with E-state index in [-0.39, 0.29) is 12.1 Å². The Morgan fingerprint density at radius 2 is 1.70 bits per heavy atom. The van der Waals surface area contributed by atoms with Gasteiger partial charge in [0.25, 0.3) is 0 Å². The summed E-state index contributed by atoms with van der Waals surface area (Å²) in [4.78, 5) is 0. The molecule has 3 heteroatoms. The summed E-state index contributed by atoms with van der Waals surface area (Å²) in [6.45, 7) is 1.83. The molecule has 1 heterocycles. The third-order valence-corrected chi connectivity index (χ3v) is 6.83. The molecule has 4 saturated carbocycles. The smallest absolute Gasteiger partial charge is 0.104 e. The van der Waals surface area contributed by atoms with Crippen LogP contribution >= 0.6 is 0 Å². The first-order valence-electron chi connectivity index (χ1n) is 8.17. The fourth-order valence-electron chi connectivity index (χ4n) is 6.19. The number of aliphatic hydroxyl groups is 1. The summed E-state index contributed by atoms with van der Waals surface area (Å²) in [7, 11) is 0. The molecule has 1 saturated heterocycles. The fraction of sp³-hybridized carbons (Fsp3) is 0.882. The van der Waals surface area contributed by atoms with Gasteiger partial charge in [-0.2, -0.15) is 0 Å². The van der Waals surface area contributed by atoms with Gasteiger partial charge in [0.15, 0.2) is 0 Å². The highest BCUT2D eigenvalue weighted by atomic mass is 16.5. The minimum absolute atomic E-state index is 0.119. The highest BCUT2D eigenvalue weighted by Crippen LogP contribution is 2.64. The molecule has 5 aliphatic rings. The molecule has 5 rings (SSSR count). The second-order valence-corrected chi connectivity index (χ2v) is 7.82. The number of hydroxylamine groups is 2. The minimum Gasteiger partial charge on any atom is -0.784 e. The van der Waals surface area contributed by atoms with Gasteiger partial charge in [-0.3, -0.25) is 0 Å². The van der Waals surface area contributed by atoms with Crippen LogP contribution in [0.1, 0.15) is 51.9 Å². The predicted molar refractivity (Wildman–Crippen MR) is 77.5 cm³/mol. The first kappa shape index (κ1) is 13.1. The second kappa shape index (κ2) is 4.22. The summed E-state index contributed by atoms with van der Waals surface area (Å²) in [6.07, 6.45) is 8.40. The summed E-state index contributed by atoms with van der Waals surface area (Å²) in [6, 6.07) is 0. The van der Waals surface area contributed by atoms with Gasteiger partial charge in [0.05, 0.1) is 5.54 Å². The quantitative estimate of drug-likeness (QED) is 0.690. The van der Waals surface area contributed by atoms with Crippen LogP contribution in [0.4, 0.5) is 0 Å². The lowest BCUT2D eigenvalue weighted by atomic mass is 9.48. The van der Waals surface area contributed by atoms with Crippen LogP contribution in [0.15, 0.2) is 0 Å². The first-order chi connectivity index (χ1) is 9.58. The molecule has 1 N–H and O–H groups in total. The van der Waals surface area contributed by atoms with E-state index in [1.54, 1.807) is 0 Å². The summed E-state index contributed by atoms with van der Waals surface area (Å²) >= 11 is 0. The van der Waals surface area contributed by atoms with Crippen molar-refractivity contribution < 1.29 is 5.11 Å². The Kier molecular flexibility index (Phi) is 2.77. The number of nitrogens with zero attached hydrogens (tertiary/aromatic N) is 1. The van der Waals surface area contributed by atoms with E-state index in [1.807, 2.05) is 6.92 Å². The molecule has 0 amide bonds. The zero-order valence-electron chi connectivity index (χ0n) is 12.3. The van der Waals surface area contributed by atoms with Crippen LogP contribution in [-0.4, -0.2) is 27.9 Å². The van der Waals surface area contributed by atoms with E-state index in [9.17, 15) is 5.21 Å². The average molecular weight is 274 g/mol. The van der Waals surface area contributed by atoms with Gasteiger partial charge in [-0.25, -0.2) is 0 Å². The Bertz CT molecular complexity index is 449. The van der Waals surface area contributed by atoms with Crippen molar-refractivity contribution in [1.29, 1.82) is 0 Å². The molecule has 4 bridgehead atoms. The molecule has 0 aromatic carbocycles. The lowest BCUT2D eigenvalue weighted by Crippen LogP contribution is -2.64. The highest BCUT2D eigenvalue weighted by molar-refractivity contribution is 5.27. The molecule has 4 aliphatic carbocycles. The van der Waals surface area contributed by atoms with E-state index >= 15 is 0 Å². The average Bonchev–Trinajstić information content (AvgIpc) is 2.68. The maximum atomic E-state index is 13.2. The molecular formula is C17H24NO2-. The van der Waals surface area contributed by atoms with Gasteiger partial charge in [0, 0.05) is 5.54 Å². The zero-order valence-corrected chi connectivity index (χ0v) is 12.3. The lowest BCUT2D eigenvalue weighted by Gasteiger charge is -2.66. The van der Waals surface area contributed by atoms with Crippen molar-refractivity contribution in [1.82, 2.24) is 5.06 Å². The monoisotopic (exact) mass is 274 g/mol. The Morgan fingerprint density at radius 1 is 1.10 bits per heavy atom. The Balaban J connectivity index is 1.69. The van der Waals surface area contributed by atoms with Gasteiger partial charge in [0.2, 0.25) is 0 Å². The summed E-state index contributed by atoms with van der Waals surface area (Å²) in [5.41, 5.74) is -0.690. The molecule has 5 fully saturated rings. The van der Waals surface area contributed by atoms with E-state index in [2.05, 4.69) is 11.8 Å². The highest BCUT2D eigenvalue weighted by Gasteiger charge is 2.62. The zero-order chi connectivity index (χ0) is 14.0. The lowest BCUT2D eigenvalue weighted by molar-refractivity contribution is -0.115. The van der Waals surface area contributed by atoms with Crippen LogP contribution in [0.2, 0.25) is 0 Å². The molecule has 3 nitrogen and oxygen atoms in total. The number of aliphatic hydroxyl groups excluding tert-OH is 1. The molecule has 1 aliphatic heterocycles.